The Balaban J connectivity index is 2.02. The van der Waals surface area contributed by atoms with Crippen molar-refractivity contribution >= 4 is 44.6 Å². The van der Waals surface area contributed by atoms with E-state index in [1.807, 2.05) is 29.6 Å². The summed E-state index contributed by atoms with van der Waals surface area (Å²) in [5.74, 6) is 0. The molecule has 1 aromatic carbocycles. The van der Waals surface area contributed by atoms with Crippen molar-refractivity contribution in [2.45, 2.75) is 6.54 Å². The van der Waals surface area contributed by atoms with E-state index in [1.165, 1.54) is 0 Å². The van der Waals surface area contributed by atoms with E-state index in [1.54, 1.807) is 11.3 Å². The Morgan fingerprint density at radius 3 is 2.88 bits per heavy atom. The van der Waals surface area contributed by atoms with Gasteiger partial charge in [0.15, 0.2) is 0 Å². The molecule has 86 valence electrons. The number of nitriles is 1. The number of hydrogen-bond acceptors (Lipinski definition) is 3. The third-order valence-electron chi connectivity index (χ3n) is 2.17. The molecule has 1 N–H and O–H groups in total. The van der Waals surface area contributed by atoms with E-state index in [9.17, 15) is 0 Å². The lowest BCUT2D eigenvalue weighted by molar-refractivity contribution is 1.19. The van der Waals surface area contributed by atoms with Gasteiger partial charge in [-0.05, 0) is 40.2 Å². The summed E-state index contributed by atoms with van der Waals surface area (Å²) >= 11 is 10.9. The maximum Gasteiger partial charge on any atom is 0.100 e. The summed E-state index contributed by atoms with van der Waals surface area (Å²) in [4.78, 5) is 1.13. The van der Waals surface area contributed by atoms with Gasteiger partial charge in [-0.3, -0.25) is 0 Å². The number of halogens is 2. The molecular formula is C12H8BrClN2S. The molecule has 0 atom stereocenters. The molecule has 0 aliphatic heterocycles. The van der Waals surface area contributed by atoms with Crippen LogP contribution in [-0.2, 0) is 6.54 Å². The maximum absolute atomic E-state index is 8.72. The van der Waals surface area contributed by atoms with Crippen molar-refractivity contribution < 1.29 is 0 Å². The molecule has 0 unspecified atom stereocenters. The van der Waals surface area contributed by atoms with Crippen molar-refractivity contribution in [3.8, 4) is 6.07 Å². The van der Waals surface area contributed by atoms with Gasteiger partial charge in [-0.2, -0.15) is 5.26 Å². The number of rotatable bonds is 3. The van der Waals surface area contributed by atoms with Crippen molar-refractivity contribution in [1.29, 1.82) is 5.26 Å². The monoisotopic (exact) mass is 326 g/mol. The van der Waals surface area contributed by atoms with Crippen LogP contribution in [0.3, 0.4) is 0 Å². The minimum Gasteiger partial charge on any atom is -0.380 e. The fourth-order valence-corrected chi connectivity index (χ4v) is 2.50. The van der Waals surface area contributed by atoms with E-state index < -0.39 is 0 Å². The molecule has 2 rings (SSSR count). The molecule has 0 bridgehead atoms. The molecule has 2 aromatic rings. The topological polar surface area (TPSA) is 35.8 Å². The second-order valence-electron chi connectivity index (χ2n) is 3.40. The second kappa shape index (κ2) is 5.54. The predicted molar refractivity (Wildman–Crippen MR) is 75.5 cm³/mol. The van der Waals surface area contributed by atoms with E-state index in [-0.39, 0.29) is 0 Å². The summed E-state index contributed by atoms with van der Waals surface area (Å²) in [6.45, 7) is 0.699. The average molecular weight is 328 g/mol. The van der Waals surface area contributed by atoms with Crippen molar-refractivity contribution in [2.75, 3.05) is 5.32 Å². The highest BCUT2D eigenvalue weighted by Crippen LogP contribution is 2.26. The van der Waals surface area contributed by atoms with E-state index in [0.717, 1.165) is 15.0 Å². The lowest BCUT2D eigenvalue weighted by Crippen LogP contribution is -1.97. The fraction of sp³-hybridized carbons (Fsp3) is 0.0833. The molecule has 5 heteroatoms. The Hall–Kier alpha value is -1.02. The molecule has 0 aliphatic rings. The van der Waals surface area contributed by atoms with Gasteiger partial charge >= 0.3 is 0 Å². The van der Waals surface area contributed by atoms with Gasteiger partial charge in [-0.1, -0.05) is 11.6 Å². The first-order valence-electron chi connectivity index (χ1n) is 4.85. The van der Waals surface area contributed by atoms with Crippen molar-refractivity contribution in [3.63, 3.8) is 0 Å². The van der Waals surface area contributed by atoms with E-state index in [4.69, 9.17) is 16.9 Å². The van der Waals surface area contributed by atoms with Crippen LogP contribution in [0.1, 0.15) is 10.4 Å². The van der Waals surface area contributed by atoms with Crippen LogP contribution in [0.25, 0.3) is 0 Å². The quantitative estimate of drug-likeness (QED) is 0.891. The number of thiophene rings is 1. The minimum absolute atomic E-state index is 0.680. The van der Waals surface area contributed by atoms with Crippen LogP contribution in [0.4, 0.5) is 5.69 Å². The first-order chi connectivity index (χ1) is 8.19. The summed E-state index contributed by atoms with van der Waals surface area (Å²) in [7, 11) is 0. The molecule has 0 amide bonds. The van der Waals surface area contributed by atoms with Crippen LogP contribution in [-0.4, -0.2) is 0 Å². The third kappa shape index (κ3) is 3.22. The number of hydrogen-bond donors (Lipinski definition) is 1. The molecule has 0 saturated heterocycles. The van der Waals surface area contributed by atoms with Gasteiger partial charge in [0.1, 0.15) is 6.07 Å². The van der Waals surface area contributed by atoms with Gasteiger partial charge < -0.3 is 5.32 Å². The molecule has 2 nitrogen and oxygen atoms in total. The minimum atomic E-state index is 0.680. The Labute approximate surface area is 117 Å². The molecule has 0 radical (unpaired) electrons. The van der Waals surface area contributed by atoms with Crippen LogP contribution in [0.15, 0.2) is 34.1 Å². The van der Waals surface area contributed by atoms with E-state index >= 15 is 0 Å². The van der Waals surface area contributed by atoms with E-state index in [2.05, 4.69) is 27.3 Å². The Bertz CT molecular complexity index is 574. The predicted octanol–water partition coefficient (Wildman–Crippen LogP) is 4.65. The highest BCUT2D eigenvalue weighted by Gasteiger charge is 2.01. The maximum atomic E-state index is 8.72. The SMILES string of the molecule is N#Cc1csc(CNc2ccc(Br)c(Cl)c2)c1. The standard InChI is InChI=1S/C12H8BrClN2S/c13-11-2-1-9(4-12(11)14)16-6-10-3-8(5-15)7-17-10/h1-4,7,16H,6H2. The van der Waals surface area contributed by atoms with Crippen LogP contribution in [0, 0.1) is 11.3 Å². The summed E-state index contributed by atoms with van der Waals surface area (Å²) in [5, 5.41) is 14.5. The molecule has 17 heavy (non-hydrogen) atoms. The van der Waals surface area contributed by atoms with Crippen LogP contribution in [0.2, 0.25) is 5.02 Å². The molecule has 0 saturated carbocycles. The Kier molecular flexibility index (Phi) is 4.06. The summed E-state index contributed by atoms with van der Waals surface area (Å²) in [6, 6.07) is 9.73. The highest BCUT2D eigenvalue weighted by atomic mass is 79.9. The first kappa shape index (κ1) is 12.4. The Morgan fingerprint density at radius 2 is 2.24 bits per heavy atom. The lowest BCUT2D eigenvalue weighted by atomic mass is 10.3. The smallest absolute Gasteiger partial charge is 0.100 e. The van der Waals surface area contributed by atoms with E-state index in [0.29, 0.717) is 17.1 Å². The van der Waals surface area contributed by atoms with Crippen LogP contribution >= 0.6 is 38.9 Å². The number of anilines is 1. The number of nitrogens with zero attached hydrogens (tertiary/aromatic N) is 1. The zero-order valence-corrected chi connectivity index (χ0v) is 11.9. The second-order valence-corrected chi connectivity index (χ2v) is 5.65. The van der Waals surface area contributed by atoms with Crippen molar-refractivity contribution in [1.82, 2.24) is 0 Å². The van der Waals surface area contributed by atoms with Gasteiger partial charge in [-0.15, -0.1) is 11.3 Å². The first-order valence-corrected chi connectivity index (χ1v) is 6.90. The molecule has 0 spiro atoms. The molecule has 0 fully saturated rings. The highest BCUT2D eigenvalue weighted by molar-refractivity contribution is 9.10. The van der Waals surface area contributed by atoms with Gasteiger partial charge in [0.25, 0.3) is 0 Å². The van der Waals surface area contributed by atoms with Gasteiger partial charge in [0.2, 0.25) is 0 Å². The number of nitrogens with one attached hydrogen (secondary N) is 1. The summed E-state index contributed by atoms with van der Waals surface area (Å²) < 4.78 is 0.882. The number of benzene rings is 1. The van der Waals surface area contributed by atoms with Crippen LogP contribution < -0.4 is 5.32 Å². The normalized spacial score (nSPS) is 9.94. The van der Waals surface area contributed by atoms with Crippen molar-refractivity contribution in [2.24, 2.45) is 0 Å². The summed E-state index contributed by atoms with van der Waals surface area (Å²) in [5.41, 5.74) is 1.67. The van der Waals surface area contributed by atoms with Crippen LogP contribution in [0.5, 0.6) is 0 Å². The Morgan fingerprint density at radius 1 is 1.41 bits per heavy atom. The fourth-order valence-electron chi connectivity index (χ4n) is 1.33. The van der Waals surface area contributed by atoms with Gasteiger partial charge in [-0.25, -0.2) is 0 Å². The zero-order chi connectivity index (χ0) is 12.3. The molecule has 1 heterocycles. The molecular weight excluding hydrogens is 320 g/mol. The molecule has 0 aliphatic carbocycles. The third-order valence-corrected chi connectivity index (χ3v) is 4.34. The summed E-state index contributed by atoms with van der Waals surface area (Å²) in [6.07, 6.45) is 0. The van der Waals surface area contributed by atoms with Crippen molar-refractivity contribution in [3.05, 3.63) is 49.6 Å². The lowest BCUT2D eigenvalue weighted by Gasteiger charge is -2.05. The van der Waals surface area contributed by atoms with Gasteiger partial charge in [0.05, 0.1) is 10.6 Å². The zero-order valence-electron chi connectivity index (χ0n) is 8.71. The van der Waals surface area contributed by atoms with Gasteiger partial charge in [0, 0.05) is 27.0 Å². The average Bonchev–Trinajstić information content (AvgIpc) is 2.79. The largest absolute Gasteiger partial charge is 0.380 e. The molecule has 1 aromatic heterocycles.